The van der Waals surface area contributed by atoms with Gasteiger partial charge in [-0.05, 0) is 30.9 Å². The lowest BCUT2D eigenvalue weighted by molar-refractivity contribution is -0.142. The maximum Gasteiger partial charge on any atom is 0.326 e. The third-order valence-electron chi connectivity index (χ3n) is 6.49. The minimum absolute atomic E-state index is 0.0279. The first-order chi connectivity index (χ1) is 19.0. The summed E-state index contributed by atoms with van der Waals surface area (Å²) in [5.41, 5.74) is 7.91. The maximum absolute atomic E-state index is 13.6. The highest BCUT2D eigenvalue weighted by atomic mass is 16.4. The number of amides is 3. The van der Waals surface area contributed by atoms with Gasteiger partial charge < -0.3 is 41.9 Å². The summed E-state index contributed by atoms with van der Waals surface area (Å²) in [6.45, 7) is 5.08. The van der Waals surface area contributed by atoms with E-state index in [1.165, 1.54) is 19.4 Å². The number of aromatic nitrogens is 3. The van der Waals surface area contributed by atoms with E-state index in [1.807, 2.05) is 38.1 Å². The van der Waals surface area contributed by atoms with E-state index in [9.17, 15) is 29.4 Å². The highest BCUT2D eigenvalue weighted by Gasteiger charge is 2.32. The molecule has 0 radical (unpaired) electrons. The minimum atomic E-state index is -1.27. The number of hydrogen-bond acceptors (Lipinski definition) is 7. The van der Waals surface area contributed by atoms with Gasteiger partial charge in [0.05, 0.1) is 12.4 Å². The van der Waals surface area contributed by atoms with E-state index >= 15 is 0 Å². The van der Waals surface area contributed by atoms with Crippen molar-refractivity contribution in [3.05, 3.63) is 54.2 Å². The third kappa shape index (κ3) is 8.13. The lowest BCUT2D eigenvalue weighted by Crippen LogP contribution is -2.59. The number of benzene rings is 1. The number of nitrogens with two attached hydrogens (primary N) is 1. The van der Waals surface area contributed by atoms with Gasteiger partial charge in [-0.2, -0.15) is 0 Å². The number of carbonyl (C=O) groups excluding carboxylic acids is 3. The number of aromatic amines is 2. The molecule has 0 spiro atoms. The smallest absolute Gasteiger partial charge is 0.326 e. The standard InChI is InChI=1S/C27H37N7O6/c1-14(2)8-20(24(36)34-22(27(39)40)10-17-12-29-13-31-17)32-25(37)21(33-26(38)23(28)15(3)35)9-16-11-30-19-7-5-4-6-18(16)19/h4-7,11-15,20-23,30,35H,8-10,28H2,1-3H3,(H,29,31)(H,32,37)(H,33,38)(H,34,36)(H,39,40). The largest absolute Gasteiger partial charge is 0.480 e. The highest BCUT2D eigenvalue weighted by molar-refractivity contribution is 5.95. The molecule has 40 heavy (non-hydrogen) atoms. The van der Waals surface area contributed by atoms with Crippen LogP contribution in [0.25, 0.3) is 10.9 Å². The number of fused-ring (bicyclic) bond motifs is 1. The zero-order valence-corrected chi connectivity index (χ0v) is 22.7. The quantitative estimate of drug-likeness (QED) is 0.135. The Labute approximate surface area is 231 Å². The molecule has 13 heteroatoms. The van der Waals surface area contributed by atoms with E-state index in [1.54, 1.807) is 6.20 Å². The Morgan fingerprint density at radius 3 is 2.20 bits per heavy atom. The molecule has 13 nitrogen and oxygen atoms in total. The number of para-hydroxylation sites is 1. The molecule has 0 aliphatic heterocycles. The predicted octanol–water partition coefficient (Wildman–Crippen LogP) is -0.0306. The minimum Gasteiger partial charge on any atom is -0.480 e. The van der Waals surface area contributed by atoms with Crippen molar-refractivity contribution in [1.29, 1.82) is 0 Å². The normalized spacial score (nSPS) is 15.2. The van der Waals surface area contributed by atoms with Crippen LogP contribution in [0.5, 0.6) is 0 Å². The first-order valence-electron chi connectivity index (χ1n) is 13.1. The van der Waals surface area contributed by atoms with E-state index < -0.39 is 54.0 Å². The highest BCUT2D eigenvalue weighted by Crippen LogP contribution is 2.19. The van der Waals surface area contributed by atoms with Gasteiger partial charge in [-0.15, -0.1) is 0 Å². The topological polar surface area (TPSA) is 215 Å². The molecule has 3 aromatic rings. The number of nitrogens with one attached hydrogen (secondary N) is 5. The molecule has 0 aliphatic carbocycles. The molecule has 1 aromatic carbocycles. The average molecular weight is 556 g/mol. The number of aliphatic hydroxyl groups excluding tert-OH is 1. The summed E-state index contributed by atoms with van der Waals surface area (Å²) in [6, 6.07) is 2.71. The van der Waals surface area contributed by atoms with Gasteiger partial charge in [-0.1, -0.05) is 32.0 Å². The Kier molecular flexibility index (Phi) is 10.4. The summed E-state index contributed by atoms with van der Waals surface area (Å²) < 4.78 is 0. The summed E-state index contributed by atoms with van der Waals surface area (Å²) in [5.74, 6) is -3.33. The Hall–Kier alpha value is -4.23. The van der Waals surface area contributed by atoms with E-state index in [4.69, 9.17) is 5.73 Å². The van der Waals surface area contributed by atoms with E-state index in [0.29, 0.717) is 5.69 Å². The van der Waals surface area contributed by atoms with Gasteiger partial charge in [-0.25, -0.2) is 9.78 Å². The Morgan fingerprint density at radius 1 is 0.925 bits per heavy atom. The van der Waals surface area contributed by atoms with Gasteiger partial charge >= 0.3 is 5.97 Å². The van der Waals surface area contributed by atoms with Gasteiger partial charge in [0.1, 0.15) is 24.2 Å². The molecular weight excluding hydrogens is 518 g/mol. The number of imidazole rings is 1. The molecule has 0 saturated carbocycles. The second-order valence-corrected chi connectivity index (χ2v) is 10.3. The zero-order valence-electron chi connectivity index (χ0n) is 22.7. The van der Waals surface area contributed by atoms with Crippen molar-refractivity contribution in [1.82, 2.24) is 30.9 Å². The SMILES string of the molecule is CC(C)CC(NC(=O)C(Cc1c[nH]c2ccccc12)NC(=O)C(N)C(C)O)C(=O)NC(Cc1cnc[nH]1)C(=O)O. The van der Waals surface area contributed by atoms with Crippen molar-refractivity contribution >= 4 is 34.6 Å². The van der Waals surface area contributed by atoms with Crippen molar-refractivity contribution in [3.8, 4) is 0 Å². The molecule has 3 rings (SSSR count). The number of carbonyl (C=O) groups is 4. The van der Waals surface area contributed by atoms with Gasteiger partial charge in [0.15, 0.2) is 0 Å². The molecule has 216 valence electrons. The molecule has 5 unspecified atom stereocenters. The van der Waals surface area contributed by atoms with Crippen LogP contribution in [0.1, 0.15) is 38.4 Å². The zero-order chi connectivity index (χ0) is 29.4. The first-order valence-corrected chi connectivity index (χ1v) is 13.1. The van der Waals surface area contributed by atoms with Crippen LogP contribution in [0.15, 0.2) is 43.0 Å². The summed E-state index contributed by atoms with van der Waals surface area (Å²) >= 11 is 0. The molecule has 0 fully saturated rings. The van der Waals surface area contributed by atoms with Crippen molar-refractivity contribution in [2.24, 2.45) is 11.7 Å². The number of aliphatic carboxylic acids is 1. The maximum atomic E-state index is 13.6. The monoisotopic (exact) mass is 555 g/mol. The Bertz CT molecular complexity index is 1300. The van der Waals surface area contributed by atoms with E-state index in [0.717, 1.165) is 16.5 Å². The number of carboxylic acids is 1. The number of nitrogens with zero attached hydrogens (tertiary/aromatic N) is 1. The van der Waals surface area contributed by atoms with Crippen LogP contribution >= 0.6 is 0 Å². The van der Waals surface area contributed by atoms with Crippen LogP contribution in [0, 0.1) is 5.92 Å². The molecule has 0 bridgehead atoms. The molecule has 5 atom stereocenters. The van der Waals surface area contributed by atoms with Gasteiger partial charge in [0.2, 0.25) is 17.7 Å². The average Bonchev–Trinajstić information content (AvgIpc) is 3.56. The Morgan fingerprint density at radius 2 is 1.57 bits per heavy atom. The molecule has 0 saturated heterocycles. The first kappa shape index (κ1) is 30.3. The number of carboxylic acid groups (broad SMARTS) is 1. The fourth-order valence-electron chi connectivity index (χ4n) is 4.28. The predicted molar refractivity (Wildman–Crippen MR) is 147 cm³/mol. The van der Waals surface area contributed by atoms with Crippen LogP contribution < -0.4 is 21.7 Å². The van der Waals surface area contributed by atoms with Crippen LogP contribution in [-0.4, -0.2) is 79.1 Å². The van der Waals surface area contributed by atoms with Crippen LogP contribution in [0.2, 0.25) is 0 Å². The summed E-state index contributed by atoms with van der Waals surface area (Å²) in [4.78, 5) is 61.2. The summed E-state index contributed by atoms with van der Waals surface area (Å²) in [5, 5.41) is 28.1. The number of rotatable bonds is 14. The van der Waals surface area contributed by atoms with Gasteiger partial charge in [0, 0.05) is 41.8 Å². The second kappa shape index (κ2) is 13.7. The third-order valence-corrected chi connectivity index (χ3v) is 6.49. The lowest BCUT2D eigenvalue weighted by atomic mass is 10.00. The fraction of sp³-hybridized carbons (Fsp3) is 0.444. The van der Waals surface area contributed by atoms with E-state index in [2.05, 4.69) is 30.9 Å². The number of hydrogen-bond donors (Lipinski definition) is 8. The number of aliphatic hydroxyl groups is 1. The van der Waals surface area contributed by atoms with Gasteiger partial charge in [-0.3, -0.25) is 14.4 Å². The van der Waals surface area contributed by atoms with Crippen molar-refractivity contribution in [3.63, 3.8) is 0 Å². The molecule has 2 heterocycles. The summed E-state index contributed by atoms with van der Waals surface area (Å²) in [7, 11) is 0. The van der Waals surface area contributed by atoms with Crippen LogP contribution in [-0.2, 0) is 32.0 Å². The fourth-order valence-corrected chi connectivity index (χ4v) is 4.28. The molecule has 0 aliphatic rings. The summed E-state index contributed by atoms with van der Waals surface area (Å²) in [6.07, 6.45) is 3.71. The Balaban J connectivity index is 1.82. The molecule has 9 N–H and O–H groups in total. The van der Waals surface area contributed by atoms with Crippen LogP contribution in [0.3, 0.4) is 0 Å². The van der Waals surface area contributed by atoms with Crippen molar-refractivity contribution in [2.75, 3.05) is 0 Å². The van der Waals surface area contributed by atoms with Crippen LogP contribution in [0.4, 0.5) is 0 Å². The molecule has 3 amide bonds. The second-order valence-electron chi connectivity index (χ2n) is 10.3. The lowest BCUT2D eigenvalue weighted by Gasteiger charge is -2.26. The van der Waals surface area contributed by atoms with Crippen molar-refractivity contribution in [2.45, 2.75) is 70.3 Å². The number of H-pyrrole nitrogens is 2. The van der Waals surface area contributed by atoms with Gasteiger partial charge in [0.25, 0.3) is 0 Å². The van der Waals surface area contributed by atoms with E-state index in [-0.39, 0.29) is 25.2 Å². The molecular formula is C27H37N7O6. The van der Waals surface area contributed by atoms with Crippen molar-refractivity contribution < 1.29 is 29.4 Å². The molecule has 2 aromatic heterocycles.